The summed E-state index contributed by atoms with van der Waals surface area (Å²) >= 11 is 0. The summed E-state index contributed by atoms with van der Waals surface area (Å²) in [4.78, 5) is 10.1. The van der Waals surface area contributed by atoms with E-state index in [0.717, 1.165) is 30.9 Å². The molecule has 0 atom stereocenters. The predicted octanol–water partition coefficient (Wildman–Crippen LogP) is 2.89. The average molecular weight is 348 g/mol. The van der Waals surface area contributed by atoms with Crippen molar-refractivity contribution >= 4 is 21.4 Å². The van der Waals surface area contributed by atoms with Crippen LogP contribution in [0.4, 0.5) is 11.4 Å². The van der Waals surface area contributed by atoms with Gasteiger partial charge in [0.1, 0.15) is 5.75 Å². The van der Waals surface area contributed by atoms with Gasteiger partial charge < -0.3 is 4.74 Å². The number of nitrogens with zero attached hydrogens (tertiary/aromatic N) is 1. The Bertz CT molecular complexity index is 909. The molecule has 0 bridgehead atoms. The highest BCUT2D eigenvalue weighted by molar-refractivity contribution is 7.92. The Hall–Kier alpha value is -2.61. The van der Waals surface area contributed by atoms with Crippen molar-refractivity contribution in [2.24, 2.45) is 0 Å². The maximum Gasteiger partial charge on any atom is 0.293 e. The van der Waals surface area contributed by atoms with Gasteiger partial charge in [-0.15, -0.1) is 0 Å². The summed E-state index contributed by atoms with van der Waals surface area (Å²) in [5.74, 6) is 0.221. The monoisotopic (exact) mass is 348 g/mol. The molecular weight excluding hydrogens is 332 g/mol. The lowest BCUT2D eigenvalue weighted by atomic mass is 10.1. The number of nitro groups is 1. The van der Waals surface area contributed by atoms with E-state index in [9.17, 15) is 18.5 Å². The van der Waals surface area contributed by atoms with Crippen LogP contribution in [0.5, 0.6) is 5.75 Å². The van der Waals surface area contributed by atoms with Crippen LogP contribution in [0.25, 0.3) is 0 Å². The van der Waals surface area contributed by atoms with Gasteiger partial charge >= 0.3 is 0 Å². The molecule has 0 radical (unpaired) electrons. The summed E-state index contributed by atoms with van der Waals surface area (Å²) < 4.78 is 32.5. The van der Waals surface area contributed by atoms with E-state index in [0.29, 0.717) is 5.69 Å². The van der Waals surface area contributed by atoms with E-state index in [1.54, 1.807) is 12.1 Å². The van der Waals surface area contributed by atoms with Gasteiger partial charge in [0.25, 0.3) is 15.7 Å². The molecule has 1 N–H and O–H groups in total. The van der Waals surface area contributed by atoms with Crippen molar-refractivity contribution in [1.82, 2.24) is 0 Å². The number of ether oxygens (including phenoxy) is 1. The summed E-state index contributed by atoms with van der Waals surface area (Å²) in [6.07, 6.45) is 2.95. The highest BCUT2D eigenvalue weighted by Crippen LogP contribution is 2.31. The van der Waals surface area contributed by atoms with E-state index in [4.69, 9.17) is 4.74 Å². The van der Waals surface area contributed by atoms with Crippen LogP contribution in [0.1, 0.15) is 17.5 Å². The molecule has 1 aliphatic carbocycles. The Labute approximate surface area is 139 Å². The van der Waals surface area contributed by atoms with E-state index >= 15 is 0 Å². The number of nitro benzene ring substituents is 1. The van der Waals surface area contributed by atoms with Crippen molar-refractivity contribution in [2.45, 2.75) is 24.2 Å². The van der Waals surface area contributed by atoms with Gasteiger partial charge in [-0.3, -0.25) is 14.8 Å². The van der Waals surface area contributed by atoms with Crippen molar-refractivity contribution < 1.29 is 18.1 Å². The van der Waals surface area contributed by atoms with Crippen molar-refractivity contribution in [1.29, 1.82) is 0 Å². The van der Waals surface area contributed by atoms with Crippen molar-refractivity contribution in [3.63, 3.8) is 0 Å². The molecule has 24 heavy (non-hydrogen) atoms. The average Bonchev–Trinajstić information content (AvgIpc) is 3.01. The molecule has 2 aromatic carbocycles. The number of rotatable bonds is 5. The summed E-state index contributed by atoms with van der Waals surface area (Å²) in [5.41, 5.74) is 2.21. The van der Waals surface area contributed by atoms with Crippen LogP contribution in [0.15, 0.2) is 41.3 Å². The molecule has 0 aromatic heterocycles. The number of nitrogens with one attached hydrogen (secondary N) is 1. The standard InChI is InChI=1S/C16H16N2O5S/c1-23-14-7-8-16(15(10-14)18(19)20)24(21,22)17-13-6-5-11-3-2-4-12(11)9-13/h5-10,17H,2-4H2,1H3. The lowest BCUT2D eigenvalue weighted by Crippen LogP contribution is -2.15. The fourth-order valence-electron chi connectivity index (χ4n) is 2.84. The van der Waals surface area contributed by atoms with Gasteiger partial charge in [0.2, 0.25) is 0 Å². The highest BCUT2D eigenvalue weighted by Gasteiger charge is 2.27. The zero-order valence-electron chi connectivity index (χ0n) is 13.0. The van der Waals surface area contributed by atoms with Crippen LogP contribution >= 0.6 is 0 Å². The minimum atomic E-state index is -4.08. The summed E-state index contributed by atoms with van der Waals surface area (Å²) in [6, 6.07) is 9.00. The molecule has 7 nitrogen and oxygen atoms in total. The molecule has 0 aliphatic heterocycles. The van der Waals surface area contributed by atoms with Crippen LogP contribution in [0.3, 0.4) is 0 Å². The molecule has 0 saturated heterocycles. The first-order chi connectivity index (χ1) is 11.4. The van der Waals surface area contributed by atoms with E-state index in [2.05, 4.69) is 4.72 Å². The zero-order valence-corrected chi connectivity index (χ0v) is 13.8. The number of hydrogen-bond donors (Lipinski definition) is 1. The van der Waals surface area contributed by atoms with Crippen LogP contribution in [-0.2, 0) is 22.9 Å². The number of fused-ring (bicyclic) bond motifs is 1. The summed E-state index contributed by atoms with van der Waals surface area (Å²) in [5, 5.41) is 11.2. The smallest absolute Gasteiger partial charge is 0.293 e. The minimum absolute atomic E-state index is 0.221. The fraction of sp³-hybridized carbons (Fsp3) is 0.250. The van der Waals surface area contributed by atoms with Gasteiger partial charge in [-0.1, -0.05) is 6.07 Å². The van der Waals surface area contributed by atoms with Crippen LogP contribution in [0.2, 0.25) is 0 Å². The maximum atomic E-state index is 12.6. The second-order valence-corrected chi connectivity index (χ2v) is 7.18. The van der Waals surface area contributed by atoms with Crippen LogP contribution in [-0.4, -0.2) is 20.5 Å². The molecule has 1 aliphatic rings. The van der Waals surface area contributed by atoms with Gasteiger partial charge in [-0.05, 0) is 54.7 Å². The lowest BCUT2D eigenvalue weighted by molar-refractivity contribution is -0.387. The van der Waals surface area contributed by atoms with E-state index in [1.165, 1.54) is 24.8 Å². The van der Waals surface area contributed by atoms with Gasteiger partial charge in [0, 0.05) is 5.69 Å². The minimum Gasteiger partial charge on any atom is -0.497 e. The first-order valence-electron chi connectivity index (χ1n) is 7.38. The van der Waals surface area contributed by atoms with E-state index < -0.39 is 25.5 Å². The Morgan fingerprint density at radius 3 is 2.58 bits per heavy atom. The van der Waals surface area contributed by atoms with Gasteiger partial charge in [0.15, 0.2) is 4.90 Å². The molecule has 0 saturated carbocycles. The molecule has 0 spiro atoms. The normalized spacial score (nSPS) is 13.4. The first-order valence-corrected chi connectivity index (χ1v) is 8.86. The Balaban J connectivity index is 1.97. The SMILES string of the molecule is COc1ccc(S(=O)(=O)Nc2ccc3c(c2)CCC3)c([N+](=O)[O-])c1. The fourth-order valence-corrected chi connectivity index (χ4v) is 4.04. The third-order valence-corrected chi connectivity index (χ3v) is 5.43. The van der Waals surface area contributed by atoms with Gasteiger partial charge in [0.05, 0.1) is 18.1 Å². The van der Waals surface area contributed by atoms with E-state index in [1.807, 2.05) is 6.07 Å². The Morgan fingerprint density at radius 1 is 1.12 bits per heavy atom. The van der Waals surface area contributed by atoms with Gasteiger partial charge in [-0.2, -0.15) is 0 Å². The number of anilines is 1. The Kier molecular flexibility index (Phi) is 4.15. The largest absolute Gasteiger partial charge is 0.497 e. The van der Waals surface area contributed by atoms with Crippen molar-refractivity contribution in [3.8, 4) is 5.75 Å². The molecule has 0 amide bonds. The maximum absolute atomic E-state index is 12.6. The first kappa shape index (κ1) is 16.3. The number of aryl methyl sites for hydroxylation is 2. The third-order valence-electron chi connectivity index (χ3n) is 4.00. The number of benzene rings is 2. The van der Waals surface area contributed by atoms with E-state index in [-0.39, 0.29) is 5.75 Å². The summed E-state index contributed by atoms with van der Waals surface area (Å²) in [6.45, 7) is 0. The third kappa shape index (κ3) is 3.05. The molecule has 2 aromatic rings. The Morgan fingerprint density at radius 2 is 1.88 bits per heavy atom. The topological polar surface area (TPSA) is 98.5 Å². The number of sulfonamides is 1. The molecule has 0 heterocycles. The predicted molar refractivity (Wildman–Crippen MR) is 88.9 cm³/mol. The van der Waals surface area contributed by atoms with Crippen molar-refractivity contribution in [2.75, 3.05) is 11.8 Å². The molecule has 8 heteroatoms. The lowest BCUT2D eigenvalue weighted by Gasteiger charge is -2.10. The van der Waals surface area contributed by atoms with Gasteiger partial charge in [-0.25, -0.2) is 8.42 Å². The quantitative estimate of drug-likeness (QED) is 0.662. The number of hydrogen-bond acceptors (Lipinski definition) is 5. The van der Waals surface area contributed by atoms with Crippen molar-refractivity contribution in [3.05, 3.63) is 57.6 Å². The second-order valence-electron chi connectivity index (χ2n) is 5.53. The molecule has 3 rings (SSSR count). The summed E-state index contributed by atoms with van der Waals surface area (Å²) in [7, 11) is -2.72. The molecule has 0 unspecified atom stereocenters. The highest BCUT2D eigenvalue weighted by atomic mass is 32.2. The zero-order chi connectivity index (χ0) is 17.3. The van der Waals surface area contributed by atoms with Crippen LogP contribution < -0.4 is 9.46 Å². The molecule has 0 fully saturated rings. The second kappa shape index (κ2) is 6.12. The van der Waals surface area contributed by atoms with Crippen LogP contribution in [0, 0.1) is 10.1 Å². The molecule has 126 valence electrons. The molecular formula is C16H16N2O5S. The number of methoxy groups -OCH3 is 1.